The van der Waals surface area contributed by atoms with E-state index in [1.807, 2.05) is 6.92 Å². The first-order chi connectivity index (χ1) is 9.88. The van der Waals surface area contributed by atoms with Crippen molar-refractivity contribution in [1.29, 1.82) is 0 Å². The van der Waals surface area contributed by atoms with Crippen LogP contribution < -0.4 is 4.72 Å². The number of nitrogens with one attached hydrogen (secondary N) is 1. The van der Waals surface area contributed by atoms with Crippen LogP contribution >= 0.6 is 0 Å². The van der Waals surface area contributed by atoms with Crippen LogP contribution in [0.3, 0.4) is 0 Å². The molecule has 2 atom stereocenters. The molecular weight excluding hydrogens is 310 g/mol. The molecule has 0 aliphatic heterocycles. The Hall–Kier alpha value is -1.20. The molecule has 21 heavy (non-hydrogen) atoms. The summed E-state index contributed by atoms with van der Waals surface area (Å²) in [5.41, 5.74) is 0.339. The van der Waals surface area contributed by atoms with Crippen molar-refractivity contribution in [3.05, 3.63) is 29.8 Å². The molecule has 0 aliphatic rings. The molecule has 0 bridgehead atoms. The third kappa shape index (κ3) is 5.59. The molecule has 0 radical (unpaired) electrons. The van der Waals surface area contributed by atoms with Crippen molar-refractivity contribution in [3.8, 4) is 11.8 Å². The van der Waals surface area contributed by atoms with E-state index < -0.39 is 20.8 Å². The van der Waals surface area contributed by atoms with Gasteiger partial charge in [-0.2, -0.15) is 0 Å². The lowest BCUT2D eigenvalue weighted by Gasteiger charge is -2.11. The monoisotopic (exact) mass is 329 g/mol. The van der Waals surface area contributed by atoms with Crippen LogP contribution in [0.25, 0.3) is 0 Å². The van der Waals surface area contributed by atoms with E-state index in [2.05, 4.69) is 16.6 Å². The maximum Gasteiger partial charge on any atom is 0.241 e. The number of benzene rings is 1. The molecule has 1 aromatic carbocycles. The topological polar surface area (TPSA) is 83.5 Å². The summed E-state index contributed by atoms with van der Waals surface area (Å²) in [5.74, 6) is 5.06. The van der Waals surface area contributed by atoms with Crippen LogP contribution in [-0.2, 0) is 20.8 Å². The van der Waals surface area contributed by atoms with Crippen molar-refractivity contribution < 1.29 is 17.7 Å². The standard InChI is InChI=1S/C14H19NO4S2/c1-12(20(2)17)9-10-15-21(18,19)14-8-4-3-6-13(14)7-5-11-16/h3-4,6,8,12,15-16H,9-11H2,1-2H3. The molecular formula is C14H19NO4S2. The van der Waals surface area contributed by atoms with Crippen molar-refractivity contribution in [2.75, 3.05) is 19.4 Å². The second kappa shape index (κ2) is 8.29. The second-order valence-electron chi connectivity index (χ2n) is 4.45. The summed E-state index contributed by atoms with van der Waals surface area (Å²) in [4.78, 5) is 0.0798. The van der Waals surface area contributed by atoms with E-state index in [9.17, 15) is 12.6 Å². The van der Waals surface area contributed by atoms with Crippen molar-refractivity contribution in [1.82, 2.24) is 4.72 Å². The minimum Gasteiger partial charge on any atom is -0.384 e. The number of rotatable bonds is 6. The van der Waals surface area contributed by atoms with Crippen molar-refractivity contribution in [3.63, 3.8) is 0 Å². The molecule has 0 aromatic heterocycles. The Balaban J connectivity index is 2.86. The fourth-order valence-corrected chi connectivity index (χ4v) is 3.24. The van der Waals surface area contributed by atoms with E-state index in [1.165, 1.54) is 6.07 Å². The first-order valence-electron chi connectivity index (χ1n) is 6.39. The Morgan fingerprint density at radius 1 is 1.38 bits per heavy atom. The van der Waals surface area contributed by atoms with Crippen molar-refractivity contribution in [2.24, 2.45) is 0 Å². The minimum atomic E-state index is -3.68. The van der Waals surface area contributed by atoms with Gasteiger partial charge >= 0.3 is 0 Å². The Kier molecular flexibility index (Phi) is 7.05. The lowest BCUT2D eigenvalue weighted by Crippen LogP contribution is -2.28. The average molecular weight is 329 g/mol. The predicted octanol–water partition coefficient (Wildman–Crippen LogP) is 0.466. The summed E-state index contributed by atoms with van der Waals surface area (Å²) in [5, 5.41) is 8.64. The second-order valence-corrected chi connectivity index (χ2v) is 7.99. The Labute approximate surface area is 128 Å². The maximum atomic E-state index is 12.3. The Morgan fingerprint density at radius 2 is 2.05 bits per heavy atom. The molecule has 0 amide bonds. The van der Waals surface area contributed by atoms with E-state index in [-0.39, 0.29) is 23.3 Å². The van der Waals surface area contributed by atoms with Gasteiger partial charge < -0.3 is 5.11 Å². The molecule has 1 aromatic rings. The highest BCUT2D eigenvalue weighted by Gasteiger charge is 2.17. The van der Waals surface area contributed by atoms with Gasteiger partial charge in [0.1, 0.15) is 6.61 Å². The van der Waals surface area contributed by atoms with Crippen LogP contribution in [0.2, 0.25) is 0 Å². The van der Waals surface area contributed by atoms with E-state index in [4.69, 9.17) is 5.11 Å². The molecule has 116 valence electrons. The molecule has 0 fully saturated rings. The van der Waals surface area contributed by atoms with Gasteiger partial charge in [0.2, 0.25) is 10.0 Å². The summed E-state index contributed by atoms with van der Waals surface area (Å²) >= 11 is 0. The number of hydrogen-bond donors (Lipinski definition) is 2. The van der Waals surface area contributed by atoms with Crippen molar-refractivity contribution >= 4 is 20.8 Å². The highest BCUT2D eigenvalue weighted by atomic mass is 32.2. The molecule has 1 rings (SSSR count). The van der Waals surface area contributed by atoms with Gasteiger partial charge in [0.25, 0.3) is 0 Å². The quantitative estimate of drug-likeness (QED) is 0.743. The molecule has 2 unspecified atom stereocenters. The zero-order chi connectivity index (χ0) is 15.9. The zero-order valence-corrected chi connectivity index (χ0v) is 13.6. The molecule has 0 heterocycles. The molecule has 2 N–H and O–H groups in total. The number of aliphatic hydroxyl groups excluding tert-OH is 1. The SMILES string of the molecule is CC(CCNS(=O)(=O)c1ccccc1C#CCO)S(C)=O. The maximum absolute atomic E-state index is 12.3. The molecule has 0 saturated carbocycles. The number of sulfonamides is 1. The largest absolute Gasteiger partial charge is 0.384 e. The van der Waals surface area contributed by atoms with Gasteiger partial charge in [-0.3, -0.25) is 4.21 Å². The van der Waals surface area contributed by atoms with E-state index in [0.29, 0.717) is 12.0 Å². The minimum absolute atomic E-state index is 0.0721. The van der Waals surface area contributed by atoms with Crippen molar-refractivity contribution in [2.45, 2.75) is 23.5 Å². The van der Waals surface area contributed by atoms with Crippen LogP contribution in [0.4, 0.5) is 0 Å². The van der Waals surface area contributed by atoms with Crippen LogP contribution in [0, 0.1) is 11.8 Å². The first kappa shape index (κ1) is 17.9. The average Bonchev–Trinajstić information content (AvgIpc) is 2.45. The van der Waals surface area contributed by atoms with Crippen LogP contribution in [0.1, 0.15) is 18.9 Å². The lowest BCUT2D eigenvalue weighted by atomic mass is 10.2. The summed E-state index contributed by atoms with van der Waals surface area (Å²) < 4.78 is 38.2. The number of hydrogen-bond acceptors (Lipinski definition) is 4. The highest BCUT2D eigenvalue weighted by molar-refractivity contribution is 7.89. The summed E-state index contributed by atoms with van der Waals surface area (Å²) in [6, 6.07) is 6.34. The Morgan fingerprint density at radius 3 is 2.67 bits per heavy atom. The zero-order valence-electron chi connectivity index (χ0n) is 12.0. The van der Waals surface area contributed by atoms with Gasteiger partial charge in [-0.15, -0.1) is 0 Å². The van der Waals surface area contributed by atoms with Gasteiger partial charge in [-0.25, -0.2) is 13.1 Å². The summed E-state index contributed by atoms with van der Waals surface area (Å²) in [7, 11) is -4.65. The molecule has 0 aliphatic carbocycles. The van der Waals surface area contributed by atoms with Crippen LogP contribution in [0.5, 0.6) is 0 Å². The van der Waals surface area contributed by atoms with Crippen LogP contribution in [0.15, 0.2) is 29.2 Å². The fraction of sp³-hybridized carbons (Fsp3) is 0.429. The lowest BCUT2D eigenvalue weighted by molar-refractivity contribution is 0.350. The number of aliphatic hydroxyl groups is 1. The van der Waals surface area contributed by atoms with Crippen LogP contribution in [-0.4, -0.2) is 42.4 Å². The van der Waals surface area contributed by atoms with E-state index in [1.54, 1.807) is 24.5 Å². The Bertz CT molecular complexity index is 659. The first-order valence-corrected chi connectivity index (χ1v) is 9.49. The molecule has 7 heteroatoms. The predicted molar refractivity (Wildman–Crippen MR) is 83.7 cm³/mol. The fourth-order valence-electron chi connectivity index (χ4n) is 1.58. The molecule has 5 nitrogen and oxygen atoms in total. The van der Waals surface area contributed by atoms with E-state index >= 15 is 0 Å². The molecule has 0 saturated heterocycles. The van der Waals surface area contributed by atoms with Gasteiger partial charge in [-0.1, -0.05) is 30.9 Å². The summed E-state index contributed by atoms with van der Waals surface area (Å²) in [6.07, 6.45) is 2.09. The van der Waals surface area contributed by atoms with Gasteiger partial charge in [0.15, 0.2) is 0 Å². The molecule has 0 spiro atoms. The summed E-state index contributed by atoms with van der Waals surface area (Å²) in [6.45, 7) is 1.69. The highest BCUT2D eigenvalue weighted by Crippen LogP contribution is 2.14. The van der Waals surface area contributed by atoms with Gasteiger partial charge in [0, 0.05) is 34.4 Å². The third-order valence-electron chi connectivity index (χ3n) is 2.89. The smallest absolute Gasteiger partial charge is 0.241 e. The third-order valence-corrected chi connectivity index (χ3v) is 5.78. The van der Waals surface area contributed by atoms with E-state index in [0.717, 1.165) is 0 Å². The normalized spacial score (nSPS) is 14.0. The van der Waals surface area contributed by atoms with Gasteiger partial charge in [-0.05, 0) is 18.6 Å². The van der Waals surface area contributed by atoms with Gasteiger partial charge in [0.05, 0.1) is 4.90 Å².